The van der Waals surface area contributed by atoms with Gasteiger partial charge in [-0.2, -0.15) is 0 Å². The lowest BCUT2D eigenvalue weighted by Gasteiger charge is -2.28. The lowest BCUT2D eigenvalue weighted by Crippen LogP contribution is -2.43. The summed E-state index contributed by atoms with van der Waals surface area (Å²) in [5.74, 6) is -1.60. The monoisotopic (exact) mass is 455 g/mol. The number of halogens is 2. The highest BCUT2D eigenvalue weighted by Gasteiger charge is 2.24. The van der Waals surface area contributed by atoms with Crippen molar-refractivity contribution in [2.45, 2.75) is 19.9 Å². The second-order valence-corrected chi connectivity index (χ2v) is 8.20. The molecule has 3 amide bonds. The zero-order valence-corrected chi connectivity index (χ0v) is 17.7. The predicted molar refractivity (Wildman–Crippen MR) is 111 cm³/mol. The number of thiophene rings is 1. The van der Waals surface area contributed by atoms with Gasteiger partial charge in [0, 0.05) is 18.3 Å². The highest BCUT2D eigenvalue weighted by Crippen LogP contribution is 2.29. The third-order valence-electron chi connectivity index (χ3n) is 4.29. The highest BCUT2D eigenvalue weighted by molar-refractivity contribution is 7.17. The zero-order chi connectivity index (χ0) is 21.8. The molecule has 0 saturated carbocycles. The Hall–Kier alpha value is -2.69. The maximum absolute atomic E-state index is 14.6. The van der Waals surface area contributed by atoms with Crippen LogP contribution in [0.2, 0.25) is 4.34 Å². The van der Waals surface area contributed by atoms with Gasteiger partial charge in [-0.1, -0.05) is 22.9 Å². The number of amides is 3. The molecule has 1 aromatic heterocycles. The van der Waals surface area contributed by atoms with E-state index in [1.165, 1.54) is 30.0 Å². The Morgan fingerprint density at radius 2 is 2.13 bits per heavy atom. The summed E-state index contributed by atoms with van der Waals surface area (Å²) in [7, 11) is 0. The Labute approximate surface area is 180 Å². The average molecular weight is 456 g/mol. The fourth-order valence-electron chi connectivity index (χ4n) is 2.79. The Morgan fingerprint density at radius 1 is 1.37 bits per heavy atom. The van der Waals surface area contributed by atoms with Crippen LogP contribution in [-0.4, -0.2) is 43.7 Å². The number of nitrogens with zero attached hydrogens (tertiary/aromatic N) is 1. The first-order valence-corrected chi connectivity index (χ1v) is 10.2. The van der Waals surface area contributed by atoms with Gasteiger partial charge in [-0.15, -0.1) is 0 Å². The number of hydrogen-bond acceptors (Lipinski definition) is 6. The highest BCUT2D eigenvalue weighted by atomic mass is 35.5. The van der Waals surface area contributed by atoms with E-state index in [2.05, 4.69) is 10.6 Å². The van der Waals surface area contributed by atoms with Crippen molar-refractivity contribution >= 4 is 52.2 Å². The number of aryl methyl sites for hydroxylation is 1. The van der Waals surface area contributed by atoms with Gasteiger partial charge < -0.3 is 25.0 Å². The van der Waals surface area contributed by atoms with E-state index in [4.69, 9.17) is 21.1 Å². The maximum atomic E-state index is 14.6. The smallest absolute Gasteiger partial charge is 0.399 e. The number of nitrogens with one attached hydrogen (secondary N) is 2. The van der Waals surface area contributed by atoms with E-state index in [0.717, 1.165) is 11.3 Å². The number of anilines is 2. The first-order chi connectivity index (χ1) is 14.2. The van der Waals surface area contributed by atoms with Crippen molar-refractivity contribution in [3.05, 3.63) is 40.0 Å². The third-order valence-corrected chi connectivity index (χ3v) is 5.40. The van der Waals surface area contributed by atoms with Crippen molar-refractivity contribution in [3.8, 4) is 5.06 Å². The van der Waals surface area contributed by atoms with E-state index >= 15 is 0 Å². The van der Waals surface area contributed by atoms with E-state index in [1.807, 2.05) is 0 Å². The van der Waals surface area contributed by atoms with Gasteiger partial charge in [0.25, 0.3) is 5.91 Å². The van der Waals surface area contributed by atoms with Gasteiger partial charge >= 0.3 is 6.09 Å². The molecule has 8 nitrogen and oxygen atoms in total. The molecule has 0 spiro atoms. The summed E-state index contributed by atoms with van der Waals surface area (Å²) in [6.07, 6.45) is -0.839. The van der Waals surface area contributed by atoms with Gasteiger partial charge in [-0.3, -0.25) is 9.59 Å². The molecule has 1 unspecified atom stereocenters. The van der Waals surface area contributed by atoms with Crippen LogP contribution >= 0.6 is 22.9 Å². The number of carbonyl (C=O) groups is 3. The molecule has 0 radical (unpaired) electrons. The van der Waals surface area contributed by atoms with Crippen LogP contribution in [0.25, 0.3) is 0 Å². The molecule has 0 aliphatic carbocycles. The summed E-state index contributed by atoms with van der Waals surface area (Å²) >= 11 is 6.83. The van der Waals surface area contributed by atoms with Crippen molar-refractivity contribution in [2.75, 3.05) is 30.0 Å². The van der Waals surface area contributed by atoms with Gasteiger partial charge in [0.05, 0.1) is 16.6 Å². The molecule has 2 N–H and O–H groups in total. The van der Waals surface area contributed by atoms with Crippen molar-refractivity contribution in [1.29, 1.82) is 0 Å². The van der Waals surface area contributed by atoms with Crippen molar-refractivity contribution < 1.29 is 28.2 Å². The molecule has 3 rings (SSSR count). The van der Waals surface area contributed by atoms with Crippen LogP contribution in [-0.2, 0) is 14.3 Å². The van der Waals surface area contributed by atoms with Crippen LogP contribution in [0.15, 0.2) is 24.3 Å². The van der Waals surface area contributed by atoms with Crippen molar-refractivity contribution in [3.63, 3.8) is 0 Å². The molecule has 1 fully saturated rings. The minimum absolute atomic E-state index is 0.0590. The van der Waals surface area contributed by atoms with E-state index in [1.54, 1.807) is 13.0 Å². The summed E-state index contributed by atoms with van der Waals surface area (Å²) in [6.45, 7) is 3.77. The lowest BCUT2D eigenvalue weighted by molar-refractivity contribution is -0.125. The lowest BCUT2D eigenvalue weighted by atomic mass is 10.1. The number of carbonyl (C=O) groups excluding carboxylic acids is 3. The fraction of sp³-hybridized carbons (Fsp3) is 0.316. The van der Waals surface area contributed by atoms with Gasteiger partial charge in [0.15, 0.2) is 5.06 Å². The second-order valence-electron chi connectivity index (χ2n) is 6.52. The van der Waals surface area contributed by atoms with Crippen molar-refractivity contribution in [1.82, 2.24) is 5.32 Å². The molecular weight excluding hydrogens is 437 g/mol. The molecule has 30 heavy (non-hydrogen) atoms. The minimum Gasteiger partial charge on any atom is -0.399 e. The normalized spacial score (nSPS) is 14.9. The summed E-state index contributed by atoms with van der Waals surface area (Å²) in [4.78, 5) is 37.7. The fourth-order valence-corrected chi connectivity index (χ4v) is 3.66. The summed E-state index contributed by atoms with van der Waals surface area (Å²) in [5.41, 5.74) is 0.966. The molecule has 1 atom stereocenters. The minimum atomic E-state index is -0.992. The van der Waals surface area contributed by atoms with Crippen LogP contribution in [0.3, 0.4) is 0 Å². The van der Waals surface area contributed by atoms with E-state index in [-0.39, 0.29) is 23.3 Å². The molecule has 2 aromatic rings. The first kappa shape index (κ1) is 22.0. The number of benzene rings is 1. The first-order valence-electron chi connectivity index (χ1n) is 8.97. The standard InChI is InChI=1S/C19H19ClFN3O5S/c1-10-7-13(12(21)8-14(10)24-5-6-28-9-16(24)25)23-18(26)11(2)22-19(27)29-17-4-3-15(20)30-17/h3-4,7-8,11H,5-6,9H2,1-2H3,(H,22,27)(H,23,26). The van der Waals surface area contributed by atoms with Crippen LogP contribution in [0.1, 0.15) is 12.5 Å². The van der Waals surface area contributed by atoms with Gasteiger partial charge in [0.2, 0.25) is 5.91 Å². The van der Waals surface area contributed by atoms with Crippen LogP contribution < -0.4 is 20.3 Å². The Morgan fingerprint density at radius 3 is 2.80 bits per heavy atom. The topological polar surface area (TPSA) is 97.0 Å². The van der Waals surface area contributed by atoms with Crippen molar-refractivity contribution in [2.24, 2.45) is 0 Å². The number of ether oxygens (including phenoxy) is 2. The number of morpholine rings is 1. The van der Waals surface area contributed by atoms with Crippen LogP contribution in [0.4, 0.5) is 20.6 Å². The second kappa shape index (κ2) is 9.41. The Kier molecular flexibility index (Phi) is 6.91. The third kappa shape index (κ3) is 5.26. The quantitative estimate of drug-likeness (QED) is 0.720. The van der Waals surface area contributed by atoms with E-state index in [9.17, 15) is 18.8 Å². The largest absolute Gasteiger partial charge is 0.414 e. The molecule has 2 heterocycles. The van der Waals surface area contributed by atoms with Crippen LogP contribution in [0, 0.1) is 12.7 Å². The molecular formula is C19H19ClFN3O5S. The predicted octanol–water partition coefficient (Wildman–Crippen LogP) is 3.33. The Balaban J connectivity index is 1.63. The molecule has 1 aromatic carbocycles. The zero-order valence-electron chi connectivity index (χ0n) is 16.2. The van der Waals surface area contributed by atoms with Crippen LogP contribution in [0.5, 0.6) is 5.06 Å². The molecule has 1 saturated heterocycles. The summed E-state index contributed by atoms with van der Waals surface area (Å²) in [6, 6.07) is 4.74. The molecule has 1 aliphatic rings. The summed E-state index contributed by atoms with van der Waals surface area (Å²) < 4.78 is 25.1. The molecule has 11 heteroatoms. The molecule has 1 aliphatic heterocycles. The van der Waals surface area contributed by atoms with Gasteiger partial charge in [-0.05, 0) is 37.6 Å². The van der Waals surface area contributed by atoms with Gasteiger partial charge in [0.1, 0.15) is 18.5 Å². The van der Waals surface area contributed by atoms with E-state index in [0.29, 0.717) is 28.7 Å². The number of rotatable bonds is 5. The Bertz CT molecular complexity index is 983. The SMILES string of the molecule is Cc1cc(NC(=O)C(C)NC(=O)Oc2ccc(Cl)s2)c(F)cc1N1CCOCC1=O. The van der Waals surface area contributed by atoms with E-state index < -0.39 is 23.9 Å². The molecule has 0 bridgehead atoms. The van der Waals surface area contributed by atoms with Gasteiger partial charge in [-0.25, -0.2) is 9.18 Å². The molecule has 160 valence electrons. The average Bonchev–Trinajstić information content (AvgIpc) is 3.09. The maximum Gasteiger partial charge on any atom is 0.414 e. The summed E-state index contributed by atoms with van der Waals surface area (Å²) in [5, 5.41) is 5.07. The number of hydrogen-bond donors (Lipinski definition) is 2.